The van der Waals surface area contributed by atoms with Crippen LogP contribution in [0.25, 0.3) is 5.69 Å². The molecule has 1 atom stereocenters. The lowest BCUT2D eigenvalue weighted by atomic mass is 9.91. The Bertz CT molecular complexity index is 1350. The summed E-state index contributed by atoms with van der Waals surface area (Å²) in [4.78, 5) is 40.1. The molecule has 0 spiro atoms. The maximum absolute atomic E-state index is 13.3. The molecule has 8 nitrogen and oxygen atoms in total. The number of fused-ring (bicyclic) bond motifs is 1. The molecular formula is C25H22FN3O5. The van der Waals surface area contributed by atoms with Crippen molar-refractivity contribution in [3.8, 4) is 17.2 Å². The second-order valence-corrected chi connectivity index (χ2v) is 8.53. The molecule has 2 aliphatic heterocycles. The van der Waals surface area contributed by atoms with Gasteiger partial charge in [-0.15, -0.1) is 0 Å². The molecule has 2 aliphatic rings. The molecule has 0 saturated carbocycles. The summed E-state index contributed by atoms with van der Waals surface area (Å²) in [5, 5.41) is 2.70. The molecule has 0 bridgehead atoms. The number of imide groups is 1. The van der Waals surface area contributed by atoms with Crippen molar-refractivity contribution in [3.05, 3.63) is 76.9 Å². The number of benzene rings is 2. The third-order valence-electron chi connectivity index (χ3n) is 6.34. The normalized spacial score (nSPS) is 19.0. The minimum atomic E-state index is -1.34. The molecule has 1 N–H and O–H groups in total. The summed E-state index contributed by atoms with van der Waals surface area (Å²) in [6, 6.07) is 12.0. The second kappa shape index (κ2) is 7.72. The van der Waals surface area contributed by atoms with Crippen molar-refractivity contribution in [3.63, 3.8) is 0 Å². The first kappa shape index (κ1) is 21.7. The van der Waals surface area contributed by atoms with Crippen molar-refractivity contribution in [2.45, 2.75) is 26.3 Å². The number of carbonyl (C=O) groups is 3. The third kappa shape index (κ3) is 3.32. The van der Waals surface area contributed by atoms with Gasteiger partial charge in [-0.1, -0.05) is 6.07 Å². The number of carbonyl (C=O) groups excluding carboxylic acids is 3. The molecule has 0 unspecified atom stereocenters. The molecule has 1 saturated heterocycles. The lowest BCUT2D eigenvalue weighted by molar-refractivity contribution is -0.130. The van der Waals surface area contributed by atoms with Gasteiger partial charge < -0.3 is 19.4 Å². The Labute approximate surface area is 194 Å². The van der Waals surface area contributed by atoms with E-state index in [1.54, 1.807) is 50.2 Å². The monoisotopic (exact) mass is 463 g/mol. The van der Waals surface area contributed by atoms with Gasteiger partial charge >= 0.3 is 6.03 Å². The molecule has 1 aromatic heterocycles. The fourth-order valence-corrected chi connectivity index (χ4v) is 4.51. The molecule has 174 valence electrons. The van der Waals surface area contributed by atoms with Gasteiger partial charge in [-0.05, 0) is 68.8 Å². The van der Waals surface area contributed by atoms with Crippen LogP contribution in [0.1, 0.15) is 34.2 Å². The summed E-state index contributed by atoms with van der Waals surface area (Å²) < 4.78 is 25.9. The van der Waals surface area contributed by atoms with Crippen LogP contribution in [0.3, 0.4) is 0 Å². The quantitative estimate of drug-likeness (QED) is 0.461. The molecule has 3 amide bonds. The minimum Gasteiger partial charge on any atom is -0.454 e. The highest BCUT2D eigenvalue weighted by Gasteiger charge is 2.50. The fraction of sp³-hybridized carbons (Fsp3) is 0.240. The van der Waals surface area contributed by atoms with E-state index in [0.29, 0.717) is 34.0 Å². The number of aromatic nitrogens is 1. The zero-order valence-corrected chi connectivity index (χ0v) is 18.8. The summed E-state index contributed by atoms with van der Waals surface area (Å²) in [7, 11) is 0. The van der Waals surface area contributed by atoms with Crippen LogP contribution in [-0.4, -0.2) is 40.5 Å². The van der Waals surface area contributed by atoms with E-state index in [1.165, 1.54) is 12.1 Å². The number of urea groups is 1. The summed E-state index contributed by atoms with van der Waals surface area (Å²) in [5.74, 6) is -0.209. The summed E-state index contributed by atoms with van der Waals surface area (Å²) >= 11 is 0. The first-order valence-corrected chi connectivity index (χ1v) is 10.7. The number of amides is 3. The van der Waals surface area contributed by atoms with Gasteiger partial charge in [0.15, 0.2) is 17.3 Å². The highest BCUT2D eigenvalue weighted by molar-refractivity contribution is 6.11. The van der Waals surface area contributed by atoms with E-state index in [9.17, 15) is 18.8 Å². The number of halogens is 1. The topological polar surface area (TPSA) is 89.9 Å². The van der Waals surface area contributed by atoms with Gasteiger partial charge in [-0.25, -0.2) is 9.18 Å². The zero-order chi connectivity index (χ0) is 24.2. The predicted molar refractivity (Wildman–Crippen MR) is 120 cm³/mol. The highest BCUT2D eigenvalue weighted by Crippen LogP contribution is 2.38. The first-order chi connectivity index (χ1) is 16.2. The molecule has 0 radical (unpaired) electrons. The molecule has 34 heavy (non-hydrogen) atoms. The van der Waals surface area contributed by atoms with Crippen LogP contribution < -0.4 is 14.8 Å². The molecule has 3 heterocycles. The number of ketones is 1. The Hall–Kier alpha value is -4.14. The Kier molecular flexibility index (Phi) is 4.93. The summed E-state index contributed by atoms with van der Waals surface area (Å²) in [5.41, 5.74) is 1.69. The van der Waals surface area contributed by atoms with Crippen molar-refractivity contribution in [1.29, 1.82) is 0 Å². The van der Waals surface area contributed by atoms with E-state index in [-0.39, 0.29) is 18.4 Å². The molecule has 3 aromatic rings. The number of hydrogen-bond donors (Lipinski definition) is 1. The molecule has 5 rings (SSSR count). The Morgan fingerprint density at radius 1 is 1.06 bits per heavy atom. The maximum atomic E-state index is 13.3. The van der Waals surface area contributed by atoms with E-state index in [1.807, 2.05) is 11.5 Å². The molecule has 0 aliphatic carbocycles. The van der Waals surface area contributed by atoms with Gasteiger partial charge in [0.2, 0.25) is 6.79 Å². The maximum Gasteiger partial charge on any atom is 0.325 e. The second-order valence-electron chi connectivity index (χ2n) is 8.53. The molecule has 1 fully saturated rings. The molecule has 9 heteroatoms. The van der Waals surface area contributed by atoms with Gasteiger partial charge in [0.25, 0.3) is 5.91 Å². The summed E-state index contributed by atoms with van der Waals surface area (Å²) in [6.07, 6.45) is 0. The highest BCUT2D eigenvalue weighted by atomic mass is 19.1. The van der Waals surface area contributed by atoms with Crippen molar-refractivity contribution in [1.82, 2.24) is 14.8 Å². The van der Waals surface area contributed by atoms with Crippen LogP contribution in [0.15, 0.2) is 48.5 Å². The van der Waals surface area contributed by atoms with Crippen molar-refractivity contribution in [2.75, 3.05) is 13.3 Å². The van der Waals surface area contributed by atoms with Gasteiger partial charge in [0.1, 0.15) is 11.4 Å². The van der Waals surface area contributed by atoms with E-state index in [0.717, 1.165) is 10.6 Å². The van der Waals surface area contributed by atoms with Crippen LogP contribution in [0.2, 0.25) is 0 Å². The van der Waals surface area contributed by atoms with E-state index < -0.39 is 24.0 Å². The number of nitrogens with one attached hydrogen (secondary N) is 1. The SMILES string of the molecule is Cc1cc(C(=O)CN2C(=O)N[C@@](C)(c3ccc4c(c3)OCO4)C2=O)c(C)n1-c1ccc(F)cc1. The Balaban J connectivity index is 1.40. The van der Waals surface area contributed by atoms with Gasteiger partial charge in [-0.2, -0.15) is 0 Å². The first-order valence-electron chi connectivity index (χ1n) is 10.7. The van der Waals surface area contributed by atoms with Crippen LogP contribution in [0.4, 0.5) is 9.18 Å². The Morgan fingerprint density at radius 2 is 1.76 bits per heavy atom. The number of nitrogens with zero attached hydrogens (tertiary/aromatic N) is 2. The van der Waals surface area contributed by atoms with Crippen LogP contribution in [-0.2, 0) is 10.3 Å². The fourth-order valence-electron chi connectivity index (χ4n) is 4.51. The smallest absolute Gasteiger partial charge is 0.325 e. The van der Waals surface area contributed by atoms with Gasteiger partial charge in [0, 0.05) is 22.6 Å². The molecule has 2 aromatic carbocycles. The van der Waals surface area contributed by atoms with Crippen LogP contribution in [0, 0.1) is 19.7 Å². The lowest BCUT2D eigenvalue weighted by Gasteiger charge is -2.22. The van der Waals surface area contributed by atoms with Crippen LogP contribution >= 0.6 is 0 Å². The van der Waals surface area contributed by atoms with E-state index >= 15 is 0 Å². The number of rotatable bonds is 5. The number of Topliss-reactive ketones (excluding diaryl/α,β-unsaturated/α-hetero) is 1. The third-order valence-corrected chi connectivity index (χ3v) is 6.34. The van der Waals surface area contributed by atoms with Gasteiger partial charge in [-0.3, -0.25) is 14.5 Å². The Morgan fingerprint density at radius 3 is 2.50 bits per heavy atom. The van der Waals surface area contributed by atoms with Crippen LogP contribution in [0.5, 0.6) is 11.5 Å². The number of aryl methyl sites for hydroxylation is 1. The average Bonchev–Trinajstić information content (AvgIpc) is 3.46. The van der Waals surface area contributed by atoms with Crippen molar-refractivity contribution >= 4 is 17.7 Å². The van der Waals surface area contributed by atoms with Gasteiger partial charge in [0.05, 0.1) is 6.54 Å². The zero-order valence-electron chi connectivity index (χ0n) is 18.8. The summed E-state index contributed by atoms with van der Waals surface area (Å²) in [6.45, 7) is 4.88. The van der Waals surface area contributed by atoms with E-state index in [2.05, 4.69) is 5.32 Å². The lowest BCUT2D eigenvalue weighted by Crippen LogP contribution is -2.41. The molecular weight excluding hydrogens is 441 g/mol. The standard InChI is InChI=1S/C25H22FN3O5/c1-14-10-19(15(2)29(14)18-7-5-17(26)6-8-18)20(30)12-28-23(31)25(3,27-24(28)32)16-4-9-21-22(11-16)34-13-33-21/h4-11H,12-13H2,1-3H3,(H,27,32)/t25-/m0/s1. The largest absolute Gasteiger partial charge is 0.454 e. The van der Waals surface area contributed by atoms with Crippen molar-refractivity contribution < 1.29 is 28.2 Å². The average molecular weight is 463 g/mol. The number of ether oxygens (including phenoxy) is 2. The minimum absolute atomic E-state index is 0.0900. The van der Waals surface area contributed by atoms with Crippen molar-refractivity contribution in [2.24, 2.45) is 0 Å². The van der Waals surface area contributed by atoms with E-state index in [4.69, 9.17) is 9.47 Å². The predicted octanol–water partition coefficient (Wildman–Crippen LogP) is 3.61. The number of hydrogen-bond acceptors (Lipinski definition) is 5.